The van der Waals surface area contributed by atoms with Crippen molar-refractivity contribution in [3.63, 3.8) is 0 Å². The highest BCUT2D eigenvalue weighted by molar-refractivity contribution is 4.94. The van der Waals surface area contributed by atoms with Crippen molar-refractivity contribution in [1.82, 2.24) is 10.2 Å². The van der Waals surface area contributed by atoms with Crippen molar-refractivity contribution < 1.29 is 0 Å². The van der Waals surface area contributed by atoms with Gasteiger partial charge in [-0.2, -0.15) is 0 Å². The van der Waals surface area contributed by atoms with Crippen LogP contribution in [0.2, 0.25) is 0 Å². The third-order valence-electron chi connectivity index (χ3n) is 5.09. The molecule has 1 N–H and O–H groups in total. The molecule has 0 spiro atoms. The zero-order chi connectivity index (χ0) is 11.7. The molecule has 2 nitrogen and oxygen atoms in total. The number of rotatable bonds is 5. The quantitative estimate of drug-likeness (QED) is 0.789. The van der Waals surface area contributed by atoms with Gasteiger partial charge in [-0.1, -0.05) is 19.8 Å². The van der Waals surface area contributed by atoms with Gasteiger partial charge in [0.2, 0.25) is 0 Å². The molecule has 3 unspecified atom stereocenters. The molecule has 1 aliphatic heterocycles. The summed E-state index contributed by atoms with van der Waals surface area (Å²) in [6.07, 6.45) is 10.3. The molecule has 98 valence electrons. The third-order valence-corrected chi connectivity index (χ3v) is 5.09. The maximum Gasteiger partial charge on any atom is 0.0200 e. The molecule has 0 radical (unpaired) electrons. The van der Waals surface area contributed by atoms with E-state index in [0.717, 1.165) is 23.9 Å². The SMILES string of the molecule is CCN(CC1CC1)CC1CC2CCCCC2N1. The van der Waals surface area contributed by atoms with Gasteiger partial charge >= 0.3 is 0 Å². The van der Waals surface area contributed by atoms with Crippen molar-refractivity contribution in [1.29, 1.82) is 0 Å². The highest BCUT2D eigenvalue weighted by Crippen LogP contribution is 2.34. The first kappa shape index (κ1) is 12.0. The number of fused-ring (bicyclic) bond motifs is 1. The Labute approximate surface area is 106 Å². The van der Waals surface area contributed by atoms with E-state index in [1.807, 2.05) is 0 Å². The van der Waals surface area contributed by atoms with E-state index in [1.165, 1.54) is 64.6 Å². The summed E-state index contributed by atoms with van der Waals surface area (Å²) in [5.74, 6) is 2.05. The Morgan fingerprint density at radius 1 is 1.06 bits per heavy atom. The molecule has 2 saturated carbocycles. The van der Waals surface area contributed by atoms with Gasteiger partial charge in [0.25, 0.3) is 0 Å². The van der Waals surface area contributed by atoms with E-state index in [-0.39, 0.29) is 0 Å². The van der Waals surface area contributed by atoms with Crippen molar-refractivity contribution >= 4 is 0 Å². The van der Waals surface area contributed by atoms with Gasteiger partial charge < -0.3 is 10.2 Å². The predicted molar refractivity (Wildman–Crippen MR) is 72.1 cm³/mol. The van der Waals surface area contributed by atoms with E-state index in [1.54, 1.807) is 0 Å². The third kappa shape index (κ3) is 3.03. The smallest absolute Gasteiger partial charge is 0.0200 e. The van der Waals surface area contributed by atoms with Crippen LogP contribution >= 0.6 is 0 Å². The van der Waals surface area contributed by atoms with Gasteiger partial charge in [0.15, 0.2) is 0 Å². The largest absolute Gasteiger partial charge is 0.310 e. The Morgan fingerprint density at radius 3 is 2.59 bits per heavy atom. The molecular weight excluding hydrogens is 208 g/mol. The zero-order valence-corrected chi connectivity index (χ0v) is 11.3. The summed E-state index contributed by atoms with van der Waals surface area (Å²) in [5.41, 5.74) is 0. The van der Waals surface area contributed by atoms with Crippen LogP contribution in [0.15, 0.2) is 0 Å². The number of nitrogens with one attached hydrogen (secondary N) is 1. The first-order valence-electron chi connectivity index (χ1n) is 7.83. The van der Waals surface area contributed by atoms with Crippen LogP contribution < -0.4 is 5.32 Å². The van der Waals surface area contributed by atoms with Gasteiger partial charge in [0.05, 0.1) is 0 Å². The molecule has 2 aliphatic carbocycles. The standard InChI is InChI=1S/C15H28N2/c1-2-17(10-12-7-8-12)11-14-9-13-5-3-4-6-15(13)16-14/h12-16H,2-11H2,1H3. The fraction of sp³-hybridized carbons (Fsp3) is 1.00. The van der Waals surface area contributed by atoms with Crippen LogP contribution in [0.3, 0.4) is 0 Å². The second kappa shape index (κ2) is 5.27. The molecule has 0 bridgehead atoms. The average molecular weight is 236 g/mol. The Morgan fingerprint density at radius 2 is 1.88 bits per heavy atom. The lowest BCUT2D eigenvalue weighted by atomic mass is 9.85. The lowest BCUT2D eigenvalue weighted by Crippen LogP contribution is -2.41. The van der Waals surface area contributed by atoms with Crippen LogP contribution in [-0.4, -0.2) is 36.6 Å². The van der Waals surface area contributed by atoms with E-state index in [4.69, 9.17) is 0 Å². The van der Waals surface area contributed by atoms with Crippen LogP contribution in [0.1, 0.15) is 51.9 Å². The molecule has 1 saturated heterocycles. The molecule has 3 aliphatic rings. The zero-order valence-electron chi connectivity index (χ0n) is 11.3. The summed E-state index contributed by atoms with van der Waals surface area (Å²) in [6.45, 7) is 6.23. The molecule has 3 fully saturated rings. The van der Waals surface area contributed by atoms with Crippen LogP contribution in [0.25, 0.3) is 0 Å². The van der Waals surface area contributed by atoms with E-state index in [0.29, 0.717) is 0 Å². The van der Waals surface area contributed by atoms with Crippen molar-refractivity contribution in [3.05, 3.63) is 0 Å². The topological polar surface area (TPSA) is 15.3 Å². The van der Waals surface area contributed by atoms with Crippen molar-refractivity contribution in [3.8, 4) is 0 Å². The van der Waals surface area contributed by atoms with E-state index < -0.39 is 0 Å². The van der Waals surface area contributed by atoms with Gasteiger partial charge in [-0.05, 0) is 50.5 Å². The summed E-state index contributed by atoms with van der Waals surface area (Å²) in [4.78, 5) is 2.69. The van der Waals surface area contributed by atoms with Crippen LogP contribution in [0.4, 0.5) is 0 Å². The molecule has 3 rings (SSSR count). The lowest BCUT2D eigenvalue weighted by molar-refractivity contribution is 0.248. The van der Waals surface area contributed by atoms with Gasteiger partial charge in [-0.25, -0.2) is 0 Å². The Bertz CT molecular complexity index is 235. The Kier molecular flexibility index (Phi) is 3.72. The van der Waals surface area contributed by atoms with Crippen LogP contribution in [-0.2, 0) is 0 Å². The fourth-order valence-electron chi connectivity index (χ4n) is 3.88. The normalized spacial score (nSPS) is 37.4. The second-order valence-corrected chi connectivity index (χ2v) is 6.55. The minimum absolute atomic E-state index is 0.793. The molecule has 0 aromatic carbocycles. The molecular formula is C15H28N2. The van der Waals surface area contributed by atoms with E-state index in [2.05, 4.69) is 17.1 Å². The van der Waals surface area contributed by atoms with E-state index >= 15 is 0 Å². The van der Waals surface area contributed by atoms with Crippen LogP contribution in [0.5, 0.6) is 0 Å². The first-order valence-corrected chi connectivity index (χ1v) is 7.83. The maximum atomic E-state index is 3.91. The van der Waals surface area contributed by atoms with Crippen molar-refractivity contribution in [2.75, 3.05) is 19.6 Å². The molecule has 0 aromatic heterocycles. The highest BCUT2D eigenvalue weighted by atomic mass is 15.2. The lowest BCUT2D eigenvalue weighted by Gasteiger charge is -2.25. The molecule has 3 atom stereocenters. The number of nitrogens with zero attached hydrogens (tertiary/aromatic N) is 1. The molecule has 1 heterocycles. The minimum Gasteiger partial charge on any atom is -0.310 e. The molecule has 17 heavy (non-hydrogen) atoms. The highest BCUT2D eigenvalue weighted by Gasteiger charge is 2.35. The van der Waals surface area contributed by atoms with Crippen molar-refractivity contribution in [2.45, 2.75) is 64.0 Å². The minimum atomic E-state index is 0.793. The average Bonchev–Trinajstić information content (AvgIpc) is 3.06. The van der Waals surface area contributed by atoms with E-state index in [9.17, 15) is 0 Å². The van der Waals surface area contributed by atoms with Gasteiger partial charge in [0.1, 0.15) is 0 Å². The predicted octanol–water partition coefficient (Wildman–Crippen LogP) is 2.64. The first-order chi connectivity index (χ1) is 8.35. The van der Waals surface area contributed by atoms with Crippen molar-refractivity contribution in [2.24, 2.45) is 11.8 Å². The number of likely N-dealkylation sites (N-methyl/N-ethyl adjacent to an activating group) is 1. The van der Waals surface area contributed by atoms with Gasteiger partial charge in [-0.15, -0.1) is 0 Å². The Hall–Kier alpha value is -0.0800. The summed E-state index contributed by atoms with van der Waals surface area (Å²) < 4.78 is 0. The maximum absolute atomic E-state index is 3.91. The molecule has 2 heteroatoms. The van der Waals surface area contributed by atoms with Gasteiger partial charge in [-0.3, -0.25) is 0 Å². The molecule has 0 aromatic rings. The van der Waals surface area contributed by atoms with Gasteiger partial charge in [0, 0.05) is 25.2 Å². The van der Waals surface area contributed by atoms with Crippen LogP contribution in [0, 0.1) is 11.8 Å². The summed E-state index contributed by atoms with van der Waals surface area (Å²) in [5, 5.41) is 3.91. The number of hydrogen-bond acceptors (Lipinski definition) is 2. The summed E-state index contributed by atoms with van der Waals surface area (Å²) in [7, 11) is 0. The monoisotopic (exact) mass is 236 g/mol. The summed E-state index contributed by atoms with van der Waals surface area (Å²) >= 11 is 0. The Balaban J connectivity index is 1.47. The molecule has 0 amide bonds. The summed E-state index contributed by atoms with van der Waals surface area (Å²) in [6, 6.07) is 1.66. The number of hydrogen-bond donors (Lipinski definition) is 1. The fourth-order valence-corrected chi connectivity index (χ4v) is 3.88. The second-order valence-electron chi connectivity index (χ2n) is 6.55.